The van der Waals surface area contributed by atoms with E-state index in [-0.39, 0.29) is 0 Å². The van der Waals surface area contributed by atoms with Crippen LogP contribution in [0.2, 0.25) is 15.1 Å². The standard InChI is InChI=1S/C8H3Cl3N2/c9-5-2-1-4-6(10)3-12-13-8(4)7(5)11/h1-3H. The second kappa shape index (κ2) is 3.29. The van der Waals surface area contributed by atoms with Crippen molar-refractivity contribution in [1.82, 2.24) is 10.2 Å². The van der Waals surface area contributed by atoms with E-state index >= 15 is 0 Å². The molecule has 13 heavy (non-hydrogen) atoms. The summed E-state index contributed by atoms with van der Waals surface area (Å²) in [7, 11) is 0. The van der Waals surface area contributed by atoms with Crippen LogP contribution in [0.15, 0.2) is 18.3 Å². The normalized spacial score (nSPS) is 10.7. The van der Waals surface area contributed by atoms with Crippen molar-refractivity contribution < 1.29 is 0 Å². The van der Waals surface area contributed by atoms with Crippen molar-refractivity contribution in [3.8, 4) is 0 Å². The molecule has 66 valence electrons. The zero-order valence-electron chi connectivity index (χ0n) is 6.26. The molecule has 0 saturated heterocycles. The van der Waals surface area contributed by atoms with Gasteiger partial charge < -0.3 is 0 Å². The molecule has 0 saturated carbocycles. The van der Waals surface area contributed by atoms with Gasteiger partial charge in [-0.2, -0.15) is 5.10 Å². The van der Waals surface area contributed by atoms with Gasteiger partial charge in [0.1, 0.15) is 5.52 Å². The van der Waals surface area contributed by atoms with Crippen molar-refractivity contribution in [1.29, 1.82) is 0 Å². The fourth-order valence-corrected chi connectivity index (χ4v) is 1.59. The number of halogens is 3. The number of hydrogen-bond acceptors (Lipinski definition) is 2. The first kappa shape index (κ1) is 9.00. The van der Waals surface area contributed by atoms with Crippen LogP contribution in [0.4, 0.5) is 0 Å². The zero-order valence-corrected chi connectivity index (χ0v) is 8.53. The van der Waals surface area contributed by atoms with Crippen molar-refractivity contribution in [2.75, 3.05) is 0 Å². The van der Waals surface area contributed by atoms with Crippen molar-refractivity contribution in [3.05, 3.63) is 33.4 Å². The Kier molecular flexibility index (Phi) is 2.28. The van der Waals surface area contributed by atoms with Crippen LogP contribution in [0.1, 0.15) is 0 Å². The minimum absolute atomic E-state index is 0.383. The van der Waals surface area contributed by atoms with E-state index < -0.39 is 0 Å². The number of fused-ring (bicyclic) bond motifs is 1. The Bertz CT molecular complexity index is 470. The summed E-state index contributed by atoms with van der Waals surface area (Å²) in [6, 6.07) is 3.44. The summed E-state index contributed by atoms with van der Waals surface area (Å²) in [5.74, 6) is 0. The van der Waals surface area contributed by atoms with Crippen LogP contribution in [-0.2, 0) is 0 Å². The lowest BCUT2D eigenvalue weighted by molar-refractivity contribution is 1.08. The summed E-state index contributed by atoms with van der Waals surface area (Å²) in [6.45, 7) is 0. The summed E-state index contributed by atoms with van der Waals surface area (Å²) in [5, 5.41) is 9.65. The Morgan fingerprint density at radius 2 is 1.77 bits per heavy atom. The fraction of sp³-hybridized carbons (Fsp3) is 0. The highest BCUT2D eigenvalue weighted by atomic mass is 35.5. The molecule has 0 aliphatic carbocycles. The van der Waals surface area contributed by atoms with Crippen LogP contribution < -0.4 is 0 Å². The summed E-state index contributed by atoms with van der Waals surface area (Å²) in [6.07, 6.45) is 1.47. The predicted octanol–water partition coefficient (Wildman–Crippen LogP) is 3.59. The van der Waals surface area contributed by atoms with Gasteiger partial charge in [0.25, 0.3) is 0 Å². The fourth-order valence-electron chi connectivity index (χ4n) is 1.04. The van der Waals surface area contributed by atoms with Crippen LogP contribution in [0.25, 0.3) is 10.9 Å². The highest BCUT2D eigenvalue weighted by molar-refractivity contribution is 6.46. The Morgan fingerprint density at radius 1 is 1.00 bits per heavy atom. The van der Waals surface area contributed by atoms with E-state index in [9.17, 15) is 0 Å². The van der Waals surface area contributed by atoms with E-state index in [1.165, 1.54) is 6.20 Å². The van der Waals surface area contributed by atoms with Gasteiger partial charge in [0, 0.05) is 5.39 Å². The van der Waals surface area contributed by atoms with Crippen LogP contribution in [0, 0.1) is 0 Å². The largest absolute Gasteiger partial charge is 0.157 e. The molecule has 1 aromatic carbocycles. The molecule has 0 N–H and O–H groups in total. The van der Waals surface area contributed by atoms with Gasteiger partial charge >= 0.3 is 0 Å². The highest BCUT2D eigenvalue weighted by Gasteiger charge is 2.07. The quantitative estimate of drug-likeness (QED) is 0.695. The van der Waals surface area contributed by atoms with Crippen LogP contribution >= 0.6 is 34.8 Å². The second-order valence-corrected chi connectivity index (χ2v) is 3.64. The third-order valence-electron chi connectivity index (χ3n) is 1.66. The monoisotopic (exact) mass is 232 g/mol. The van der Waals surface area contributed by atoms with Crippen LogP contribution in [-0.4, -0.2) is 10.2 Å². The van der Waals surface area contributed by atoms with Gasteiger partial charge in [0.05, 0.1) is 21.3 Å². The molecule has 2 rings (SSSR count). The van der Waals surface area contributed by atoms with Gasteiger partial charge in [-0.1, -0.05) is 34.8 Å². The second-order valence-electron chi connectivity index (χ2n) is 2.45. The molecule has 0 radical (unpaired) electrons. The van der Waals surface area contributed by atoms with E-state index in [2.05, 4.69) is 10.2 Å². The van der Waals surface area contributed by atoms with E-state index in [0.717, 1.165) is 5.39 Å². The lowest BCUT2D eigenvalue weighted by atomic mass is 10.2. The molecule has 2 nitrogen and oxygen atoms in total. The molecule has 5 heteroatoms. The average molecular weight is 233 g/mol. The Morgan fingerprint density at radius 3 is 2.54 bits per heavy atom. The predicted molar refractivity (Wildman–Crippen MR) is 54.6 cm³/mol. The van der Waals surface area contributed by atoms with Gasteiger partial charge in [-0.25, -0.2) is 0 Å². The van der Waals surface area contributed by atoms with Crippen molar-refractivity contribution in [3.63, 3.8) is 0 Å². The summed E-state index contributed by atoms with van der Waals surface area (Å²) in [5.41, 5.74) is 0.529. The highest BCUT2D eigenvalue weighted by Crippen LogP contribution is 2.31. The maximum atomic E-state index is 5.90. The number of hydrogen-bond donors (Lipinski definition) is 0. The van der Waals surface area contributed by atoms with Gasteiger partial charge in [0.15, 0.2) is 0 Å². The molecule has 0 amide bonds. The molecule has 0 atom stereocenters. The van der Waals surface area contributed by atoms with Crippen LogP contribution in [0.3, 0.4) is 0 Å². The molecule has 0 aliphatic rings. The van der Waals surface area contributed by atoms with Gasteiger partial charge in [-0.05, 0) is 12.1 Å². The smallest absolute Gasteiger partial charge is 0.115 e. The molecule has 0 aliphatic heterocycles. The molecule has 2 aromatic rings. The Balaban J connectivity index is 2.94. The molecule has 0 fully saturated rings. The summed E-state index contributed by atoms with van der Waals surface area (Å²) < 4.78 is 0. The molecule has 0 bridgehead atoms. The number of nitrogens with zero attached hydrogens (tertiary/aromatic N) is 2. The first-order valence-electron chi connectivity index (χ1n) is 3.45. The van der Waals surface area contributed by atoms with Crippen molar-refractivity contribution in [2.45, 2.75) is 0 Å². The maximum absolute atomic E-state index is 5.90. The summed E-state index contributed by atoms with van der Waals surface area (Å²) in [4.78, 5) is 0. The topological polar surface area (TPSA) is 25.8 Å². The molecular weight excluding hydrogens is 230 g/mol. The Labute approximate surface area is 89.4 Å². The zero-order chi connectivity index (χ0) is 9.42. The van der Waals surface area contributed by atoms with Crippen molar-refractivity contribution >= 4 is 45.7 Å². The van der Waals surface area contributed by atoms with Crippen molar-refractivity contribution in [2.24, 2.45) is 0 Å². The lowest BCUT2D eigenvalue weighted by Crippen LogP contribution is -1.85. The molecule has 1 aromatic heterocycles. The van der Waals surface area contributed by atoms with Gasteiger partial charge in [0.2, 0.25) is 0 Å². The van der Waals surface area contributed by atoms with Gasteiger partial charge in [-0.15, -0.1) is 5.10 Å². The minimum atomic E-state index is 0.383. The average Bonchev–Trinajstić information content (AvgIpc) is 2.12. The number of benzene rings is 1. The third-order valence-corrected chi connectivity index (χ3v) is 2.75. The molecule has 0 spiro atoms. The van der Waals surface area contributed by atoms with E-state index in [1.54, 1.807) is 12.1 Å². The van der Waals surface area contributed by atoms with Gasteiger partial charge in [-0.3, -0.25) is 0 Å². The number of aromatic nitrogens is 2. The van der Waals surface area contributed by atoms with E-state index in [4.69, 9.17) is 34.8 Å². The SMILES string of the molecule is Clc1ccc2c(Cl)cnnc2c1Cl. The first-order chi connectivity index (χ1) is 6.20. The molecular formula is C8H3Cl3N2. The Hall–Kier alpha value is -0.570. The van der Waals surface area contributed by atoms with E-state index in [0.29, 0.717) is 20.6 Å². The van der Waals surface area contributed by atoms with Crippen LogP contribution in [0.5, 0.6) is 0 Å². The third kappa shape index (κ3) is 1.46. The summed E-state index contributed by atoms with van der Waals surface area (Å²) >= 11 is 17.6. The minimum Gasteiger partial charge on any atom is -0.157 e. The van der Waals surface area contributed by atoms with E-state index in [1.807, 2.05) is 0 Å². The lowest BCUT2D eigenvalue weighted by Gasteiger charge is -2.01. The number of rotatable bonds is 0. The molecule has 1 heterocycles. The molecule has 0 unspecified atom stereocenters. The first-order valence-corrected chi connectivity index (χ1v) is 4.58. The maximum Gasteiger partial charge on any atom is 0.115 e.